The predicted molar refractivity (Wildman–Crippen MR) is 69.8 cm³/mol. The van der Waals surface area contributed by atoms with E-state index in [0.29, 0.717) is 18.2 Å². The van der Waals surface area contributed by atoms with Gasteiger partial charge in [-0.05, 0) is 6.42 Å². The van der Waals surface area contributed by atoms with Crippen LogP contribution in [-0.4, -0.2) is 55.2 Å². The molecule has 0 radical (unpaired) electrons. The molecule has 2 atom stereocenters. The second-order valence-electron chi connectivity index (χ2n) is 5.05. The molecule has 0 spiro atoms. The van der Waals surface area contributed by atoms with E-state index in [1.807, 2.05) is 12.3 Å². The topological polar surface area (TPSA) is 63.1 Å². The van der Waals surface area contributed by atoms with Gasteiger partial charge < -0.3 is 20.7 Å². The molecule has 6 nitrogen and oxygen atoms in total. The summed E-state index contributed by atoms with van der Waals surface area (Å²) in [6.45, 7) is 3.91. The Kier molecular flexibility index (Phi) is 3.49. The summed E-state index contributed by atoms with van der Waals surface area (Å²) in [7, 11) is 1.78. The molecule has 2 saturated heterocycles. The predicted octanol–water partition coefficient (Wildman–Crippen LogP) is -0.184. The molecule has 0 bridgehead atoms. The third-order valence-electron chi connectivity index (χ3n) is 3.82. The van der Waals surface area contributed by atoms with Crippen LogP contribution in [0.25, 0.3) is 0 Å². The van der Waals surface area contributed by atoms with E-state index in [1.54, 1.807) is 7.11 Å². The second kappa shape index (κ2) is 5.26. The van der Waals surface area contributed by atoms with Crippen molar-refractivity contribution < 1.29 is 4.74 Å². The number of methoxy groups -OCH3 is 1. The third kappa shape index (κ3) is 2.36. The van der Waals surface area contributed by atoms with Gasteiger partial charge in [0.05, 0.1) is 18.3 Å². The first-order chi connectivity index (χ1) is 8.86. The molecule has 3 N–H and O–H groups in total. The van der Waals surface area contributed by atoms with Crippen LogP contribution >= 0.6 is 0 Å². The van der Waals surface area contributed by atoms with Crippen LogP contribution in [0.3, 0.4) is 0 Å². The van der Waals surface area contributed by atoms with E-state index < -0.39 is 0 Å². The molecule has 1 aromatic rings. The number of hydrogen-bond acceptors (Lipinski definition) is 5. The SMILES string of the molecule is COC1CNC(CNc2ccnn2C2CNC2)C1. The van der Waals surface area contributed by atoms with Crippen molar-refractivity contribution in [3.63, 3.8) is 0 Å². The Bertz CT molecular complexity index is 390. The van der Waals surface area contributed by atoms with Gasteiger partial charge in [0.25, 0.3) is 0 Å². The van der Waals surface area contributed by atoms with Crippen LogP contribution < -0.4 is 16.0 Å². The maximum absolute atomic E-state index is 5.35. The van der Waals surface area contributed by atoms with Crippen LogP contribution in [0, 0.1) is 0 Å². The highest BCUT2D eigenvalue weighted by Gasteiger charge is 2.25. The molecule has 100 valence electrons. The van der Waals surface area contributed by atoms with Gasteiger partial charge in [0.15, 0.2) is 0 Å². The van der Waals surface area contributed by atoms with E-state index in [1.165, 1.54) is 0 Å². The zero-order chi connectivity index (χ0) is 12.4. The van der Waals surface area contributed by atoms with E-state index in [4.69, 9.17) is 4.74 Å². The van der Waals surface area contributed by atoms with E-state index in [2.05, 4.69) is 25.7 Å². The standard InChI is InChI=1S/C12H21N5O/c1-18-11-4-9(14-8-11)5-15-12-2-3-16-17(12)10-6-13-7-10/h2-3,9-11,13-15H,4-8H2,1H3. The molecule has 0 saturated carbocycles. The summed E-state index contributed by atoms with van der Waals surface area (Å²) in [5, 5.41) is 14.6. The number of rotatable bonds is 5. The van der Waals surface area contributed by atoms with Crippen molar-refractivity contribution in [1.29, 1.82) is 0 Å². The van der Waals surface area contributed by atoms with E-state index in [-0.39, 0.29) is 0 Å². The Morgan fingerprint density at radius 2 is 2.39 bits per heavy atom. The molecular formula is C12H21N5O. The summed E-state index contributed by atoms with van der Waals surface area (Å²) in [5.74, 6) is 1.11. The molecule has 2 aliphatic heterocycles. The van der Waals surface area contributed by atoms with Gasteiger partial charge in [0, 0.05) is 45.4 Å². The summed E-state index contributed by atoms with van der Waals surface area (Å²) in [5.41, 5.74) is 0. The molecule has 0 amide bonds. The number of nitrogens with zero attached hydrogens (tertiary/aromatic N) is 2. The highest BCUT2D eigenvalue weighted by Crippen LogP contribution is 2.18. The molecule has 0 aromatic carbocycles. The Morgan fingerprint density at radius 3 is 3.06 bits per heavy atom. The van der Waals surface area contributed by atoms with Gasteiger partial charge >= 0.3 is 0 Å². The van der Waals surface area contributed by atoms with Gasteiger partial charge in [0.1, 0.15) is 5.82 Å². The van der Waals surface area contributed by atoms with Crippen molar-refractivity contribution in [2.24, 2.45) is 0 Å². The minimum Gasteiger partial charge on any atom is -0.380 e. The van der Waals surface area contributed by atoms with Crippen molar-refractivity contribution in [2.45, 2.75) is 24.6 Å². The highest BCUT2D eigenvalue weighted by molar-refractivity contribution is 5.35. The average Bonchev–Trinajstić information content (AvgIpc) is 2.93. The van der Waals surface area contributed by atoms with Crippen molar-refractivity contribution in [1.82, 2.24) is 20.4 Å². The molecule has 2 fully saturated rings. The molecule has 6 heteroatoms. The molecule has 2 unspecified atom stereocenters. The first kappa shape index (κ1) is 12.0. The molecular weight excluding hydrogens is 230 g/mol. The summed E-state index contributed by atoms with van der Waals surface area (Å²) in [6.07, 6.45) is 3.29. The number of anilines is 1. The van der Waals surface area contributed by atoms with E-state index in [0.717, 1.165) is 38.4 Å². The molecule has 3 rings (SSSR count). The zero-order valence-corrected chi connectivity index (χ0v) is 10.7. The Morgan fingerprint density at radius 1 is 1.50 bits per heavy atom. The van der Waals surface area contributed by atoms with Crippen molar-refractivity contribution in [2.75, 3.05) is 38.6 Å². The smallest absolute Gasteiger partial charge is 0.124 e. The van der Waals surface area contributed by atoms with Crippen molar-refractivity contribution in [3.8, 4) is 0 Å². The van der Waals surface area contributed by atoms with Crippen LogP contribution in [-0.2, 0) is 4.74 Å². The van der Waals surface area contributed by atoms with Gasteiger partial charge in [-0.2, -0.15) is 5.10 Å². The number of aromatic nitrogens is 2. The summed E-state index contributed by atoms with van der Waals surface area (Å²) in [4.78, 5) is 0. The minimum atomic E-state index is 0.359. The fourth-order valence-electron chi connectivity index (χ4n) is 2.54. The number of hydrogen-bond donors (Lipinski definition) is 3. The fraction of sp³-hybridized carbons (Fsp3) is 0.750. The number of nitrogens with one attached hydrogen (secondary N) is 3. The maximum atomic E-state index is 5.35. The van der Waals surface area contributed by atoms with Crippen LogP contribution in [0.15, 0.2) is 12.3 Å². The highest BCUT2D eigenvalue weighted by atomic mass is 16.5. The van der Waals surface area contributed by atoms with E-state index >= 15 is 0 Å². The lowest BCUT2D eigenvalue weighted by Crippen LogP contribution is -2.44. The third-order valence-corrected chi connectivity index (χ3v) is 3.82. The first-order valence-corrected chi connectivity index (χ1v) is 6.61. The van der Waals surface area contributed by atoms with Gasteiger partial charge in [-0.1, -0.05) is 0 Å². The van der Waals surface area contributed by atoms with Gasteiger partial charge in [-0.3, -0.25) is 0 Å². The monoisotopic (exact) mass is 251 g/mol. The maximum Gasteiger partial charge on any atom is 0.124 e. The molecule has 3 heterocycles. The minimum absolute atomic E-state index is 0.359. The lowest BCUT2D eigenvalue weighted by molar-refractivity contribution is 0.117. The first-order valence-electron chi connectivity index (χ1n) is 6.61. The quantitative estimate of drug-likeness (QED) is 0.677. The summed E-state index contributed by atoms with van der Waals surface area (Å²) < 4.78 is 7.43. The van der Waals surface area contributed by atoms with E-state index in [9.17, 15) is 0 Å². The fourth-order valence-corrected chi connectivity index (χ4v) is 2.54. The van der Waals surface area contributed by atoms with Gasteiger partial charge in [-0.25, -0.2) is 4.68 Å². The van der Waals surface area contributed by atoms with Crippen LogP contribution in [0.2, 0.25) is 0 Å². The molecule has 1 aromatic heterocycles. The zero-order valence-electron chi connectivity index (χ0n) is 10.7. The van der Waals surface area contributed by atoms with Crippen molar-refractivity contribution in [3.05, 3.63) is 12.3 Å². The summed E-state index contributed by atoms with van der Waals surface area (Å²) >= 11 is 0. The Balaban J connectivity index is 1.52. The summed E-state index contributed by atoms with van der Waals surface area (Å²) in [6, 6.07) is 3.03. The van der Waals surface area contributed by atoms with Crippen LogP contribution in [0.1, 0.15) is 12.5 Å². The average molecular weight is 251 g/mol. The molecule has 18 heavy (non-hydrogen) atoms. The normalized spacial score (nSPS) is 28.3. The molecule has 2 aliphatic rings. The lowest BCUT2D eigenvalue weighted by Gasteiger charge is -2.29. The largest absolute Gasteiger partial charge is 0.380 e. The van der Waals surface area contributed by atoms with Gasteiger partial charge in [0.2, 0.25) is 0 Å². The Labute approximate surface area is 107 Å². The second-order valence-corrected chi connectivity index (χ2v) is 5.05. The van der Waals surface area contributed by atoms with Gasteiger partial charge in [-0.15, -0.1) is 0 Å². The number of ether oxygens (including phenoxy) is 1. The van der Waals surface area contributed by atoms with Crippen LogP contribution in [0.4, 0.5) is 5.82 Å². The lowest BCUT2D eigenvalue weighted by atomic mass is 10.2. The van der Waals surface area contributed by atoms with Crippen molar-refractivity contribution >= 4 is 5.82 Å². The van der Waals surface area contributed by atoms with Crippen LogP contribution in [0.5, 0.6) is 0 Å². The molecule has 0 aliphatic carbocycles. The Hall–Kier alpha value is -1.11.